The van der Waals surface area contributed by atoms with Crippen LogP contribution in [0.15, 0.2) is 42.6 Å². The predicted molar refractivity (Wildman–Crippen MR) is 83.6 cm³/mol. The Morgan fingerprint density at radius 2 is 1.91 bits per heavy atom. The van der Waals surface area contributed by atoms with Gasteiger partial charge in [-0.3, -0.25) is 4.90 Å². The van der Waals surface area contributed by atoms with Crippen LogP contribution in [0.5, 0.6) is 5.75 Å². The average molecular weight is 343 g/mol. The first kappa shape index (κ1) is 17.6. The van der Waals surface area contributed by atoms with Crippen LogP contribution in [0.25, 0.3) is 0 Å². The third kappa shape index (κ3) is 5.74. The van der Waals surface area contributed by atoms with Crippen LogP contribution in [-0.2, 0) is 6.54 Å². The van der Waals surface area contributed by atoms with Gasteiger partial charge in [0.1, 0.15) is 10.9 Å². The third-order valence-corrected chi connectivity index (χ3v) is 3.44. The fraction of sp³-hybridized carbons (Fsp3) is 0.312. The van der Waals surface area contributed by atoms with E-state index < -0.39 is 12.7 Å². The molecule has 0 aliphatic rings. The van der Waals surface area contributed by atoms with Crippen molar-refractivity contribution in [3.8, 4) is 5.75 Å². The molecule has 1 heterocycles. The second-order valence-corrected chi connectivity index (χ2v) is 5.54. The van der Waals surface area contributed by atoms with Gasteiger partial charge >= 0.3 is 6.61 Å². The van der Waals surface area contributed by atoms with Gasteiger partial charge in [-0.2, -0.15) is 8.78 Å². The van der Waals surface area contributed by atoms with Crippen LogP contribution >= 0.6 is 11.6 Å². The van der Waals surface area contributed by atoms with Crippen LogP contribution < -0.4 is 4.74 Å². The van der Waals surface area contributed by atoms with Crippen LogP contribution in [0, 0.1) is 0 Å². The van der Waals surface area contributed by atoms with Crippen LogP contribution in [0.1, 0.15) is 17.2 Å². The first-order valence-electron chi connectivity index (χ1n) is 6.96. The Morgan fingerprint density at radius 1 is 1.22 bits per heavy atom. The standard InChI is InChI=1S/C16H17ClF2N2O2/c1-21(9-11-2-7-15(17)20-8-11)10-14(22)12-3-5-13(6-4-12)23-16(18)19/h2-8,14,16,22H,9-10H2,1H3. The first-order valence-corrected chi connectivity index (χ1v) is 7.33. The van der Waals surface area contributed by atoms with E-state index in [1.54, 1.807) is 24.4 Å². The van der Waals surface area contributed by atoms with Gasteiger partial charge in [-0.1, -0.05) is 29.8 Å². The lowest BCUT2D eigenvalue weighted by atomic mass is 10.1. The molecule has 0 radical (unpaired) electrons. The van der Waals surface area contributed by atoms with Gasteiger partial charge in [-0.15, -0.1) is 0 Å². The van der Waals surface area contributed by atoms with Gasteiger partial charge in [-0.05, 0) is 36.4 Å². The topological polar surface area (TPSA) is 45.6 Å². The third-order valence-electron chi connectivity index (χ3n) is 3.22. The predicted octanol–water partition coefficient (Wildman–Crippen LogP) is 3.50. The maximum atomic E-state index is 12.1. The lowest BCUT2D eigenvalue weighted by Gasteiger charge is -2.21. The number of ether oxygens (including phenoxy) is 1. The van der Waals surface area contributed by atoms with Crippen molar-refractivity contribution in [3.63, 3.8) is 0 Å². The largest absolute Gasteiger partial charge is 0.435 e. The van der Waals surface area contributed by atoms with Gasteiger partial charge in [0.15, 0.2) is 0 Å². The number of pyridine rings is 1. The van der Waals surface area contributed by atoms with E-state index in [2.05, 4.69) is 9.72 Å². The number of aromatic nitrogens is 1. The molecule has 0 aliphatic heterocycles. The van der Waals surface area contributed by atoms with Crippen molar-refractivity contribution in [3.05, 3.63) is 58.9 Å². The number of aliphatic hydroxyl groups excluding tert-OH is 1. The zero-order chi connectivity index (χ0) is 16.8. The molecule has 0 amide bonds. The Morgan fingerprint density at radius 3 is 2.48 bits per heavy atom. The van der Waals surface area contributed by atoms with Crippen molar-refractivity contribution >= 4 is 11.6 Å². The Balaban J connectivity index is 1.89. The van der Waals surface area contributed by atoms with E-state index in [0.29, 0.717) is 23.8 Å². The smallest absolute Gasteiger partial charge is 0.387 e. The zero-order valence-electron chi connectivity index (χ0n) is 12.5. The minimum Gasteiger partial charge on any atom is -0.435 e. The average Bonchev–Trinajstić information content (AvgIpc) is 2.49. The van der Waals surface area contributed by atoms with Crippen LogP contribution in [0.2, 0.25) is 5.15 Å². The molecular weight excluding hydrogens is 326 g/mol. The van der Waals surface area contributed by atoms with E-state index in [1.165, 1.54) is 12.1 Å². The number of alkyl halides is 2. The Bertz CT molecular complexity index is 608. The highest BCUT2D eigenvalue weighted by molar-refractivity contribution is 6.29. The molecule has 0 saturated heterocycles. The lowest BCUT2D eigenvalue weighted by Crippen LogP contribution is -2.24. The molecule has 1 atom stereocenters. The first-order chi connectivity index (χ1) is 10.9. The zero-order valence-corrected chi connectivity index (χ0v) is 13.3. The van der Waals surface area contributed by atoms with Gasteiger partial charge in [0.2, 0.25) is 0 Å². The summed E-state index contributed by atoms with van der Waals surface area (Å²) in [7, 11) is 1.87. The monoisotopic (exact) mass is 342 g/mol. The van der Waals surface area contributed by atoms with Crippen molar-refractivity contribution in [1.29, 1.82) is 0 Å². The number of benzene rings is 1. The van der Waals surface area contributed by atoms with Gasteiger partial charge in [0.05, 0.1) is 6.10 Å². The van der Waals surface area contributed by atoms with E-state index >= 15 is 0 Å². The fourth-order valence-corrected chi connectivity index (χ4v) is 2.26. The summed E-state index contributed by atoms with van der Waals surface area (Å²) in [5.41, 5.74) is 1.61. The number of hydrogen-bond acceptors (Lipinski definition) is 4. The van der Waals surface area contributed by atoms with Crippen molar-refractivity contribution < 1.29 is 18.6 Å². The number of rotatable bonds is 7. The Hall–Kier alpha value is -1.76. The molecule has 124 valence electrons. The molecule has 0 saturated carbocycles. The highest BCUT2D eigenvalue weighted by Crippen LogP contribution is 2.20. The molecule has 23 heavy (non-hydrogen) atoms. The molecule has 0 spiro atoms. The minimum absolute atomic E-state index is 0.0662. The van der Waals surface area contributed by atoms with Crippen LogP contribution in [-0.4, -0.2) is 35.2 Å². The maximum Gasteiger partial charge on any atom is 0.387 e. The van der Waals surface area contributed by atoms with Gasteiger partial charge in [0.25, 0.3) is 0 Å². The normalized spacial score (nSPS) is 12.7. The Labute approximate surface area is 138 Å². The number of likely N-dealkylation sites (N-methyl/N-ethyl adjacent to an activating group) is 1. The summed E-state index contributed by atoms with van der Waals surface area (Å²) < 4.78 is 28.5. The molecule has 2 aromatic rings. The molecule has 0 aliphatic carbocycles. The summed E-state index contributed by atoms with van der Waals surface area (Å²) in [5.74, 6) is 0.0662. The summed E-state index contributed by atoms with van der Waals surface area (Å²) in [6.07, 6.45) is 0.947. The molecule has 0 bridgehead atoms. The van der Waals surface area contributed by atoms with Crippen molar-refractivity contribution in [2.24, 2.45) is 0 Å². The van der Waals surface area contributed by atoms with E-state index in [1.807, 2.05) is 18.0 Å². The van der Waals surface area contributed by atoms with Crippen LogP contribution in [0.3, 0.4) is 0 Å². The SMILES string of the molecule is CN(Cc1ccc(Cl)nc1)CC(O)c1ccc(OC(F)F)cc1. The summed E-state index contributed by atoms with van der Waals surface area (Å²) in [4.78, 5) is 5.93. The lowest BCUT2D eigenvalue weighted by molar-refractivity contribution is -0.0498. The fourth-order valence-electron chi connectivity index (χ4n) is 2.15. The summed E-state index contributed by atoms with van der Waals surface area (Å²) >= 11 is 5.73. The quantitative estimate of drug-likeness (QED) is 0.782. The molecule has 0 fully saturated rings. The van der Waals surface area contributed by atoms with Gasteiger partial charge in [0, 0.05) is 19.3 Å². The number of halogens is 3. The number of aliphatic hydroxyl groups is 1. The van der Waals surface area contributed by atoms with Gasteiger partial charge in [-0.25, -0.2) is 4.98 Å². The van der Waals surface area contributed by atoms with Crippen LogP contribution in [0.4, 0.5) is 8.78 Å². The van der Waals surface area contributed by atoms with Crippen molar-refractivity contribution in [2.45, 2.75) is 19.3 Å². The minimum atomic E-state index is -2.86. The molecular formula is C16H17ClF2N2O2. The van der Waals surface area contributed by atoms with Gasteiger partial charge < -0.3 is 9.84 Å². The summed E-state index contributed by atoms with van der Waals surface area (Å²) in [6.45, 7) is -1.87. The molecule has 1 unspecified atom stereocenters. The highest BCUT2D eigenvalue weighted by atomic mass is 35.5. The summed E-state index contributed by atoms with van der Waals surface area (Å²) in [5, 5.41) is 10.7. The second kappa shape index (κ2) is 8.19. The Kier molecular flexibility index (Phi) is 6.27. The van der Waals surface area contributed by atoms with Crippen molar-refractivity contribution in [2.75, 3.05) is 13.6 Å². The molecule has 2 rings (SSSR count). The molecule has 1 aromatic carbocycles. The van der Waals surface area contributed by atoms with Crippen molar-refractivity contribution in [1.82, 2.24) is 9.88 Å². The van der Waals surface area contributed by atoms with E-state index in [0.717, 1.165) is 5.56 Å². The molecule has 7 heteroatoms. The molecule has 1 aromatic heterocycles. The van der Waals surface area contributed by atoms with E-state index in [9.17, 15) is 13.9 Å². The second-order valence-electron chi connectivity index (χ2n) is 5.15. The molecule has 4 nitrogen and oxygen atoms in total. The van der Waals surface area contributed by atoms with E-state index in [4.69, 9.17) is 11.6 Å². The summed E-state index contributed by atoms with van der Waals surface area (Å²) in [6, 6.07) is 9.54. The highest BCUT2D eigenvalue weighted by Gasteiger charge is 2.12. The molecule has 1 N–H and O–H groups in total. The number of hydrogen-bond donors (Lipinski definition) is 1. The van der Waals surface area contributed by atoms with E-state index in [-0.39, 0.29) is 5.75 Å². The maximum absolute atomic E-state index is 12.1. The number of nitrogens with zero attached hydrogens (tertiary/aromatic N) is 2.